The van der Waals surface area contributed by atoms with Crippen molar-refractivity contribution in [2.45, 2.75) is 19.4 Å². The van der Waals surface area contributed by atoms with Gasteiger partial charge in [-0.25, -0.2) is 4.39 Å². The van der Waals surface area contributed by atoms with Crippen LogP contribution in [0.5, 0.6) is 0 Å². The lowest BCUT2D eigenvalue weighted by Crippen LogP contribution is -2.23. The van der Waals surface area contributed by atoms with E-state index in [4.69, 9.17) is 0 Å². The van der Waals surface area contributed by atoms with E-state index in [1.54, 1.807) is 18.5 Å². The SMILES string of the molecule is CCNC(Cc1ccncc1)c1ccc(F)cn1. The molecule has 0 aliphatic heterocycles. The van der Waals surface area contributed by atoms with E-state index in [0.717, 1.165) is 18.7 Å². The molecule has 0 aromatic carbocycles. The minimum Gasteiger partial charge on any atom is -0.309 e. The lowest BCUT2D eigenvalue weighted by atomic mass is 10.0. The predicted molar refractivity (Wildman–Crippen MR) is 68.6 cm³/mol. The fraction of sp³-hybridized carbons (Fsp3) is 0.286. The van der Waals surface area contributed by atoms with E-state index < -0.39 is 0 Å². The van der Waals surface area contributed by atoms with E-state index >= 15 is 0 Å². The fourth-order valence-electron chi connectivity index (χ4n) is 1.88. The second-order valence-electron chi connectivity index (χ2n) is 4.07. The average Bonchev–Trinajstić information content (AvgIpc) is 2.40. The number of nitrogens with one attached hydrogen (secondary N) is 1. The molecule has 4 heteroatoms. The number of nitrogens with zero attached hydrogens (tertiary/aromatic N) is 2. The van der Waals surface area contributed by atoms with E-state index in [0.29, 0.717) is 0 Å². The largest absolute Gasteiger partial charge is 0.309 e. The summed E-state index contributed by atoms with van der Waals surface area (Å²) in [5, 5.41) is 3.36. The molecule has 0 radical (unpaired) electrons. The van der Waals surface area contributed by atoms with Crippen molar-refractivity contribution in [2.75, 3.05) is 6.54 Å². The molecule has 18 heavy (non-hydrogen) atoms. The third kappa shape index (κ3) is 3.34. The lowest BCUT2D eigenvalue weighted by Gasteiger charge is -2.17. The number of hydrogen-bond acceptors (Lipinski definition) is 3. The Kier molecular flexibility index (Phi) is 4.36. The Bertz CT molecular complexity index is 470. The van der Waals surface area contributed by atoms with Crippen LogP contribution in [0.2, 0.25) is 0 Å². The topological polar surface area (TPSA) is 37.8 Å². The van der Waals surface area contributed by atoms with E-state index in [2.05, 4.69) is 15.3 Å². The fourth-order valence-corrected chi connectivity index (χ4v) is 1.88. The third-order valence-electron chi connectivity index (χ3n) is 2.75. The molecular formula is C14H16FN3. The molecule has 1 atom stereocenters. The first-order valence-electron chi connectivity index (χ1n) is 6.03. The Morgan fingerprint density at radius 1 is 1.22 bits per heavy atom. The molecule has 1 N–H and O–H groups in total. The maximum absolute atomic E-state index is 12.9. The first-order chi connectivity index (χ1) is 8.79. The van der Waals surface area contributed by atoms with Crippen molar-refractivity contribution in [1.82, 2.24) is 15.3 Å². The number of aromatic nitrogens is 2. The Balaban J connectivity index is 2.15. The number of rotatable bonds is 5. The molecule has 2 aromatic rings. The highest BCUT2D eigenvalue weighted by molar-refractivity contribution is 5.17. The van der Waals surface area contributed by atoms with Crippen molar-refractivity contribution < 1.29 is 4.39 Å². The molecule has 0 aliphatic carbocycles. The van der Waals surface area contributed by atoms with E-state index in [9.17, 15) is 4.39 Å². The van der Waals surface area contributed by atoms with Crippen LogP contribution in [0.15, 0.2) is 42.9 Å². The van der Waals surface area contributed by atoms with Crippen molar-refractivity contribution in [1.29, 1.82) is 0 Å². The zero-order valence-electron chi connectivity index (χ0n) is 10.3. The second kappa shape index (κ2) is 6.21. The van der Waals surface area contributed by atoms with Crippen LogP contribution in [-0.4, -0.2) is 16.5 Å². The maximum atomic E-state index is 12.9. The average molecular weight is 245 g/mol. The molecule has 0 fully saturated rings. The molecule has 2 heterocycles. The Morgan fingerprint density at radius 2 is 2.00 bits per heavy atom. The molecule has 94 valence electrons. The van der Waals surface area contributed by atoms with Crippen molar-refractivity contribution in [3.63, 3.8) is 0 Å². The van der Waals surface area contributed by atoms with Crippen molar-refractivity contribution in [2.24, 2.45) is 0 Å². The summed E-state index contributed by atoms with van der Waals surface area (Å²) in [5.74, 6) is -0.307. The van der Waals surface area contributed by atoms with Gasteiger partial charge in [-0.3, -0.25) is 9.97 Å². The normalized spacial score (nSPS) is 12.3. The van der Waals surface area contributed by atoms with Crippen LogP contribution in [0.3, 0.4) is 0 Å². The van der Waals surface area contributed by atoms with Crippen LogP contribution in [0.1, 0.15) is 24.2 Å². The van der Waals surface area contributed by atoms with Crippen LogP contribution < -0.4 is 5.32 Å². The van der Waals surface area contributed by atoms with Crippen LogP contribution in [-0.2, 0) is 6.42 Å². The molecule has 0 saturated heterocycles. The second-order valence-corrected chi connectivity index (χ2v) is 4.07. The summed E-state index contributed by atoms with van der Waals surface area (Å²) in [5.41, 5.74) is 2.04. The first kappa shape index (κ1) is 12.6. The monoisotopic (exact) mass is 245 g/mol. The van der Waals surface area contributed by atoms with Gasteiger partial charge in [0, 0.05) is 12.4 Å². The summed E-state index contributed by atoms with van der Waals surface area (Å²) in [7, 11) is 0. The van der Waals surface area contributed by atoms with Crippen molar-refractivity contribution in [3.05, 3.63) is 59.9 Å². The first-order valence-corrected chi connectivity index (χ1v) is 6.03. The molecule has 0 bridgehead atoms. The number of likely N-dealkylation sites (N-methyl/N-ethyl adjacent to an activating group) is 1. The molecule has 3 nitrogen and oxygen atoms in total. The Hall–Kier alpha value is -1.81. The minimum atomic E-state index is -0.307. The maximum Gasteiger partial charge on any atom is 0.141 e. The summed E-state index contributed by atoms with van der Waals surface area (Å²) in [6, 6.07) is 7.23. The standard InChI is InChI=1S/C14H16FN3/c1-2-17-14(9-11-5-7-16-8-6-11)13-4-3-12(15)10-18-13/h3-8,10,14,17H,2,9H2,1H3. The van der Waals surface area contributed by atoms with Gasteiger partial charge < -0.3 is 5.32 Å². The molecule has 2 rings (SSSR count). The van der Waals surface area contributed by atoms with Gasteiger partial charge in [0.25, 0.3) is 0 Å². The summed E-state index contributed by atoms with van der Waals surface area (Å²) >= 11 is 0. The van der Waals surface area contributed by atoms with Crippen molar-refractivity contribution >= 4 is 0 Å². The summed E-state index contributed by atoms with van der Waals surface area (Å²) in [6.07, 6.45) is 5.62. The number of pyridine rings is 2. The summed E-state index contributed by atoms with van der Waals surface area (Å²) in [6.45, 7) is 2.89. The molecule has 0 amide bonds. The van der Waals surface area contributed by atoms with Crippen LogP contribution in [0.25, 0.3) is 0 Å². The highest BCUT2D eigenvalue weighted by atomic mass is 19.1. The zero-order valence-corrected chi connectivity index (χ0v) is 10.3. The van der Waals surface area contributed by atoms with E-state index in [-0.39, 0.29) is 11.9 Å². The van der Waals surface area contributed by atoms with Crippen molar-refractivity contribution in [3.8, 4) is 0 Å². The predicted octanol–water partition coefficient (Wildman–Crippen LogP) is 2.51. The number of halogens is 1. The van der Waals surface area contributed by atoms with Gasteiger partial charge in [-0.05, 0) is 42.8 Å². The molecule has 2 aromatic heterocycles. The summed E-state index contributed by atoms with van der Waals surface area (Å²) < 4.78 is 12.9. The van der Waals surface area contributed by atoms with Gasteiger partial charge in [-0.1, -0.05) is 6.92 Å². The highest BCUT2D eigenvalue weighted by Gasteiger charge is 2.12. The molecule has 0 aliphatic rings. The smallest absolute Gasteiger partial charge is 0.141 e. The van der Waals surface area contributed by atoms with Crippen LogP contribution in [0.4, 0.5) is 4.39 Å². The molecule has 0 saturated carbocycles. The summed E-state index contributed by atoms with van der Waals surface area (Å²) in [4.78, 5) is 8.14. The van der Waals surface area contributed by atoms with Gasteiger partial charge in [0.15, 0.2) is 0 Å². The quantitative estimate of drug-likeness (QED) is 0.879. The number of hydrogen-bond donors (Lipinski definition) is 1. The molecule has 0 spiro atoms. The Morgan fingerprint density at radius 3 is 2.61 bits per heavy atom. The lowest BCUT2D eigenvalue weighted by molar-refractivity contribution is 0.531. The molecule has 1 unspecified atom stereocenters. The van der Waals surface area contributed by atoms with Gasteiger partial charge in [-0.2, -0.15) is 0 Å². The van der Waals surface area contributed by atoms with Gasteiger partial charge in [0.2, 0.25) is 0 Å². The van der Waals surface area contributed by atoms with Gasteiger partial charge in [0.05, 0.1) is 17.9 Å². The van der Waals surface area contributed by atoms with Gasteiger partial charge in [0.1, 0.15) is 5.82 Å². The minimum absolute atomic E-state index is 0.0954. The van der Waals surface area contributed by atoms with Crippen LogP contribution >= 0.6 is 0 Å². The Labute approximate surface area is 106 Å². The zero-order chi connectivity index (χ0) is 12.8. The van der Waals surface area contributed by atoms with Crippen LogP contribution in [0, 0.1) is 5.82 Å². The third-order valence-corrected chi connectivity index (χ3v) is 2.75. The van der Waals surface area contributed by atoms with Gasteiger partial charge >= 0.3 is 0 Å². The molecular weight excluding hydrogens is 229 g/mol. The highest BCUT2D eigenvalue weighted by Crippen LogP contribution is 2.16. The van der Waals surface area contributed by atoms with Gasteiger partial charge in [-0.15, -0.1) is 0 Å². The van der Waals surface area contributed by atoms with E-state index in [1.807, 2.05) is 19.1 Å². The van der Waals surface area contributed by atoms with E-state index in [1.165, 1.54) is 17.8 Å².